The lowest BCUT2D eigenvalue weighted by atomic mass is 10.1. The Morgan fingerprint density at radius 1 is 1.27 bits per heavy atom. The van der Waals surface area contributed by atoms with Crippen molar-refractivity contribution in [2.75, 3.05) is 18.6 Å². The van der Waals surface area contributed by atoms with Crippen molar-refractivity contribution in [3.8, 4) is 5.75 Å². The van der Waals surface area contributed by atoms with E-state index in [2.05, 4.69) is 32.2 Å². The number of hydrazine groups is 1. The third-order valence-electron chi connectivity index (χ3n) is 3.64. The molecule has 3 rings (SSSR count). The van der Waals surface area contributed by atoms with Gasteiger partial charge < -0.3 is 14.5 Å². The summed E-state index contributed by atoms with van der Waals surface area (Å²) in [4.78, 5) is 19.9. The number of benzene rings is 1. The molecule has 0 saturated carbocycles. The molecule has 3 aromatic rings. The standard InChI is InChI=1S/C18H21N5O3/c1-12-6-7-15(13(2)11-12)25-10-4-9-20-17(24)22-23-18-21-14-5-3-8-19-16(14)26-18/h3,5-8,11H,4,9-10H2,1-2H3,(H,21,23)(H2,20,22,24). The number of hydrogen-bond acceptors (Lipinski definition) is 6. The number of aromatic nitrogens is 2. The molecule has 2 heterocycles. The molecule has 1 aromatic carbocycles. The maximum absolute atomic E-state index is 11.7. The number of oxazole rings is 1. The van der Waals surface area contributed by atoms with Crippen LogP contribution in [-0.4, -0.2) is 29.2 Å². The first-order chi connectivity index (χ1) is 12.6. The first-order valence-electron chi connectivity index (χ1n) is 8.33. The van der Waals surface area contributed by atoms with Crippen molar-refractivity contribution < 1.29 is 13.9 Å². The number of hydrogen-bond donors (Lipinski definition) is 3. The summed E-state index contributed by atoms with van der Waals surface area (Å²) < 4.78 is 11.1. The van der Waals surface area contributed by atoms with Crippen molar-refractivity contribution in [2.24, 2.45) is 0 Å². The van der Waals surface area contributed by atoms with Crippen LogP contribution in [0.1, 0.15) is 17.5 Å². The molecule has 0 spiro atoms. The lowest BCUT2D eigenvalue weighted by Gasteiger charge is -2.10. The molecular weight excluding hydrogens is 334 g/mol. The Bertz CT molecular complexity index is 860. The van der Waals surface area contributed by atoms with Crippen LogP contribution in [-0.2, 0) is 0 Å². The zero-order valence-electron chi connectivity index (χ0n) is 14.7. The van der Waals surface area contributed by atoms with E-state index in [1.165, 1.54) is 5.56 Å². The second-order valence-electron chi connectivity index (χ2n) is 5.82. The third kappa shape index (κ3) is 4.62. The second-order valence-corrected chi connectivity index (χ2v) is 5.82. The fourth-order valence-corrected chi connectivity index (χ4v) is 2.40. The van der Waals surface area contributed by atoms with Crippen molar-refractivity contribution >= 4 is 23.3 Å². The zero-order chi connectivity index (χ0) is 18.4. The number of rotatable bonds is 7. The van der Waals surface area contributed by atoms with Gasteiger partial charge in [-0.15, -0.1) is 0 Å². The summed E-state index contributed by atoms with van der Waals surface area (Å²) in [5, 5.41) is 2.72. The van der Waals surface area contributed by atoms with Gasteiger partial charge in [0.15, 0.2) is 0 Å². The van der Waals surface area contributed by atoms with Gasteiger partial charge in [0.05, 0.1) is 6.61 Å². The predicted molar refractivity (Wildman–Crippen MR) is 98.0 cm³/mol. The first-order valence-corrected chi connectivity index (χ1v) is 8.33. The second kappa shape index (κ2) is 8.19. The van der Waals surface area contributed by atoms with Crippen molar-refractivity contribution in [1.82, 2.24) is 20.7 Å². The molecule has 2 amide bonds. The molecule has 0 aliphatic rings. The van der Waals surface area contributed by atoms with Crippen LogP contribution in [0.3, 0.4) is 0 Å². The molecule has 0 atom stereocenters. The number of anilines is 1. The number of fused-ring (bicyclic) bond motifs is 1. The Morgan fingerprint density at radius 3 is 2.96 bits per heavy atom. The maximum atomic E-state index is 11.7. The summed E-state index contributed by atoms with van der Waals surface area (Å²) >= 11 is 0. The zero-order valence-corrected chi connectivity index (χ0v) is 14.7. The smallest absolute Gasteiger partial charge is 0.333 e. The van der Waals surface area contributed by atoms with E-state index in [0.717, 1.165) is 11.3 Å². The molecule has 3 N–H and O–H groups in total. The van der Waals surface area contributed by atoms with Gasteiger partial charge in [-0.05, 0) is 44.0 Å². The van der Waals surface area contributed by atoms with Gasteiger partial charge in [-0.2, -0.15) is 4.98 Å². The van der Waals surface area contributed by atoms with Crippen LogP contribution in [0, 0.1) is 13.8 Å². The summed E-state index contributed by atoms with van der Waals surface area (Å²) in [6.45, 7) is 5.06. The average molecular weight is 355 g/mol. The van der Waals surface area contributed by atoms with E-state index in [0.29, 0.717) is 30.8 Å². The van der Waals surface area contributed by atoms with Gasteiger partial charge in [0.1, 0.15) is 11.3 Å². The molecule has 0 saturated heterocycles. The van der Waals surface area contributed by atoms with Crippen LogP contribution in [0.2, 0.25) is 0 Å². The highest BCUT2D eigenvalue weighted by Gasteiger charge is 2.07. The molecule has 0 radical (unpaired) electrons. The molecule has 26 heavy (non-hydrogen) atoms. The molecule has 2 aromatic heterocycles. The van der Waals surface area contributed by atoms with Gasteiger partial charge in [-0.3, -0.25) is 0 Å². The number of urea groups is 1. The SMILES string of the molecule is Cc1ccc(OCCCNC(=O)NNc2nc3cccnc3o2)c(C)c1. The topological polar surface area (TPSA) is 101 Å². The molecule has 136 valence electrons. The number of amides is 2. The van der Waals surface area contributed by atoms with Crippen LogP contribution >= 0.6 is 0 Å². The van der Waals surface area contributed by atoms with Gasteiger partial charge in [0.2, 0.25) is 5.71 Å². The van der Waals surface area contributed by atoms with Crippen LogP contribution in [0.25, 0.3) is 11.2 Å². The van der Waals surface area contributed by atoms with Crippen LogP contribution < -0.4 is 20.9 Å². The van der Waals surface area contributed by atoms with E-state index in [1.807, 2.05) is 26.0 Å². The van der Waals surface area contributed by atoms with Crippen molar-refractivity contribution in [3.63, 3.8) is 0 Å². The highest BCUT2D eigenvalue weighted by molar-refractivity contribution is 5.75. The Hall–Kier alpha value is -3.29. The first kappa shape index (κ1) is 17.5. The van der Waals surface area contributed by atoms with E-state index in [4.69, 9.17) is 9.15 Å². The van der Waals surface area contributed by atoms with Crippen molar-refractivity contribution in [2.45, 2.75) is 20.3 Å². The fourth-order valence-electron chi connectivity index (χ4n) is 2.40. The summed E-state index contributed by atoms with van der Waals surface area (Å²) in [7, 11) is 0. The molecule has 8 nitrogen and oxygen atoms in total. The summed E-state index contributed by atoms with van der Waals surface area (Å²) in [6.07, 6.45) is 2.30. The normalized spacial score (nSPS) is 10.5. The number of aryl methyl sites for hydroxylation is 2. The number of nitrogens with one attached hydrogen (secondary N) is 3. The van der Waals surface area contributed by atoms with Crippen LogP contribution in [0.5, 0.6) is 5.75 Å². The Kier molecular flexibility index (Phi) is 5.52. The average Bonchev–Trinajstić information content (AvgIpc) is 3.04. The monoisotopic (exact) mass is 355 g/mol. The largest absolute Gasteiger partial charge is 0.493 e. The van der Waals surface area contributed by atoms with Gasteiger partial charge in [-0.1, -0.05) is 17.7 Å². The van der Waals surface area contributed by atoms with Gasteiger partial charge >= 0.3 is 12.0 Å². The van der Waals surface area contributed by atoms with Crippen LogP contribution in [0.4, 0.5) is 10.8 Å². The number of pyridine rings is 1. The molecule has 0 aliphatic heterocycles. The lowest BCUT2D eigenvalue weighted by Crippen LogP contribution is -2.39. The minimum absolute atomic E-state index is 0.173. The van der Waals surface area contributed by atoms with Gasteiger partial charge in [0, 0.05) is 12.7 Å². The summed E-state index contributed by atoms with van der Waals surface area (Å²) in [6, 6.07) is 9.38. The van der Waals surface area contributed by atoms with E-state index < -0.39 is 0 Å². The van der Waals surface area contributed by atoms with Gasteiger partial charge in [0.25, 0.3) is 0 Å². The van der Waals surface area contributed by atoms with E-state index in [9.17, 15) is 4.79 Å². The predicted octanol–water partition coefficient (Wildman–Crippen LogP) is 2.93. The Labute approximate surface area is 150 Å². The minimum Gasteiger partial charge on any atom is -0.493 e. The number of ether oxygens (including phenoxy) is 1. The molecule has 0 bridgehead atoms. The maximum Gasteiger partial charge on any atom is 0.333 e. The van der Waals surface area contributed by atoms with Crippen molar-refractivity contribution in [1.29, 1.82) is 0 Å². The minimum atomic E-state index is -0.383. The quantitative estimate of drug-likeness (QED) is 0.445. The van der Waals surface area contributed by atoms with Crippen LogP contribution in [0.15, 0.2) is 40.9 Å². The molecule has 8 heteroatoms. The lowest BCUT2D eigenvalue weighted by molar-refractivity contribution is 0.240. The Morgan fingerprint density at radius 2 is 2.15 bits per heavy atom. The molecule has 0 aliphatic carbocycles. The Balaban J connectivity index is 1.34. The highest BCUT2D eigenvalue weighted by atomic mass is 16.5. The highest BCUT2D eigenvalue weighted by Crippen LogP contribution is 2.18. The summed E-state index contributed by atoms with van der Waals surface area (Å²) in [5.74, 6) is 0.867. The van der Waals surface area contributed by atoms with E-state index in [-0.39, 0.29) is 12.0 Å². The number of carbonyl (C=O) groups is 1. The molecule has 0 fully saturated rings. The number of carbonyl (C=O) groups excluding carboxylic acids is 1. The van der Waals surface area contributed by atoms with Gasteiger partial charge in [-0.25, -0.2) is 20.6 Å². The third-order valence-corrected chi connectivity index (χ3v) is 3.64. The fraction of sp³-hybridized carbons (Fsp3) is 0.278. The van der Waals surface area contributed by atoms with E-state index in [1.54, 1.807) is 18.3 Å². The van der Waals surface area contributed by atoms with E-state index >= 15 is 0 Å². The van der Waals surface area contributed by atoms with Crippen molar-refractivity contribution in [3.05, 3.63) is 47.7 Å². The number of nitrogens with zero attached hydrogens (tertiary/aromatic N) is 2. The summed E-state index contributed by atoms with van der Waals surface area (Å²) in [5.41, 5.74) is 8.38. The molecular formula is C18H21N5O3. The molecule has 0 unspecified atom stereocenters.